The number of nitrogens with zero attached hydrogens (tertiary/aromatic N) is 3. The molecule has 1 aliphatic rings. The molecule has 3 rings (SSSR count). The molecule has 2 aromatic heterocycles. The third-order valence-corrected chi connectivity index (χ3v) is 4.77. The minimum atomic E-state index is 0.839. The maximum atomic E-state index is 5.35. The maximum absolute atomic E-state index is 5.35. The molecule has 0 unspecified atom stereocenters. The zero-order chi connectivity index (χ0) is 15.2. The molecule has 1 saturated heterocycles. The Hall–Kier alpha value is -1.95. The number of thiophene rings is 1. The molecule has 5 nitrogen and oxygen atoms in total. The molecule has 118 valence electrons. The molecular formula is C16H22N4OS. The molecule has 0 aromatic carbocycles. The summed E-state index contributed by atoms with van der Waals surface area (Å²) in [6.07, 6.45) is 2.59. The molecule has 3 heterocycles. The lowest BCUT2D eigenvalue weighted by molar-refractivity contribution is 0.373. The number of hydrogen-bond acceptors (Lipinski definition) is 4. The van der Waals surface area contributed by atoms with Crippen LogP contribution >= 0.6 is 11.3 Å². The van der Waals surface area contributed by atoms with Crippen LogP contribution in [0.25, 0.3) is 0 Å². The van der Waals surface area contributed by atoms with Crippen molar-refractivity contribution < 1.29 is 4.42 Å². The lowest BCUT2D eigenvalue weighted by atomic mass is 10.3. The lowest BCUT2D eigenvalue weighted by Crippen LogP contribution is -2.52. The summed E-state index contributed by atoms with van der Waals surface area (Å²) < 4.78 is 5.35. The summed E-state index contributed by atoms with van der Waals surface area (Å²) in [6.45, 7) is 4.92. The third-order valence-electron chi connectivity index (χ3n) is 3.84. The van der Waals surface area contributed by atoms with Crippen LogP contribution in [0.15, 0.2) is 45.3 Å². The number of aliphatic imine (C=N–C) groups is 1. The van der Waals surface area contributed by atoms with Gasteiger partial charge >= 0.3 is 0 Å². The molecule has 1 fully saturated rings. The fourth-order valence-electron chi connectivity index (χ4n) is 2.67. The average Bonchev–Trinajstić information content (AvgIpc) is 3.25. The minimum Gasteiger partial charge on any atom is -0.469 e. The van der Waals surface area contributed by atoms with E-state index in [4.69, 9.17) is 4.42 Å². The highest BCUT2D eigenvalue weighted by molar-refractivity contribution is 7.14. The molecule has 2 aromatic rings. The summed E-state index contributed by atoms with van der Waals surface area (Å²) in [5, 5.41) is 6.92. The second kappa shape index (κ2) is 7.35. The molecule has 6 heteroatoms. The van der Waals surface area contributed by atoms with E-state index in [-0.39, 0.29) is 0 Å². The van der Waals surface area contributed by atoms with Gasteiger partial charge in [0.25, 0.3) is 0 Å². The third kappa shape index (κ3) is 3.62. The van der Waals surface area contributed by atoms with Crippen LogP contribution in [0.2, 0.25) is 0 Å². The van der Waals surface area contributed by atoms with Crippen LogP contribution in [0.4, 0.5) is 5.00 Å². The van der Waals surface area contributed by atoms with E-state index in [0.717, 1.165) is 50.9 Å². The Morgan fingerprint density at radius 2 is 2.14 bits per heavy atom. The maximum Gasteiger partial charge on any atom is 0.193 e. The summed E-state index contributed by atoms with van der Waals surface area (Å²) >= 11 is 1.81. The number of rotatable bonds is 4. The first kappa shape index (κ1) is 15.0. The van der Waals surface area contributed by atoms with Crippen LogP contribution in [0.5, 0.6) is 0 Å². The standard InChI is InChI=1S/C16H22N4OS/c1-17-16(18-7-6-14-4-2-12-21-14)20-10-8-19(9-11-20)15-5-3-13-22-15/h2-5,12-13H,6-11H2,1H3,(H,17,18). The summed E-state index contributed by atoms with van der Waals surface area (Å²) in [4.78, 5) is 9.17. The number of anilines is 1. The topological polar surface area (TPSA) is 44.0 Å². The van der Waals surface area contributed by atoms with Crippen molar-refractivity contribution in [3.05, 3.63) is 41.7 Å². The number of hydrogen-bond donors (Lipinski definition) is 1. The molecule has 0 atom stereocenters. The minimum absolute atomic E-state index is 0.839. The van der Waals surface area contributed by atoms with E-state index in [2.05, 4.69) is 37.6 Å². The second-order valence-corrected chi connectivity index (χ2v) is 6.15. The van der Waals surface area contributed by atoms with E-state index >= 15 is 0 Å². The summed E-state index contributed by atoms with van der Waals surface area (Å²) in [5.74, 6) is 1.99. The highest BCUT2D eigenvalue weighted by Crippen LogP contribution is 2.22. The zero-order valence-corrected chi connectivity index (χ0v) is 13.7. The Kier molecular flexibility index (Phi) is 5.00. The molecular weight excluding hydrogens is 296 g/mol. The van der Waals surface area contributed by atoms with E-state index in [9.17, 15) is 0 Å². The Morgan fingerprint density at radius 3 is 2.77 bits per heavy atom. The Bertz CT molecular complexity index is 571. The zero-order valence-electron chi connectivity index (χ0n) is 12.9. The molecule has 0 saturated carbocycles. The Labute approximate surface area is 135 Å². The van der Waals surface area contributed by atoms with Crippen molar-refractivity contribution in [2.75, 3.05) is 44.7 Å². The van der Waals surface area contributed by atoms with E-state index in [1.54, 1.807) is 6.26 Å². The molecule has 0 spiro atoms. The lowest BCUT2D eigenvalue weighted by Gasteiger charge is -2.37. The van der Waals surface area contributed by atoms with Crippen molar-refractivity contribution in [2.24, 2.45) is 4.99 Å². The van der Waals surface area contributed by atoms with Crippen LogP contribution in [0, 0.1) is 0 Å². The van der Waals surface area contributed by atoms with Crippen molar-refractivity contribution in [3.63, 3.8) is 0 Å². The molecule has 0 aliphatic carbocycles. The SMILES string of the molecule is CN=C(NCCc1ccco1)N1CCN(c2cccs2)CC1. The van der Waals surface area contributed by atoms with Crippen molar-refractivity contribution in [3.8, 4) is 0 Å². The molecule has 0 amide bonds. The van der Waals surface area contributed by atoms with Gasteiger partial charge < -0.3 is 19.5 Å². The molecule has 0 bridgehead atoms. The van der Waals surface area contributed by atoms with Gasteiger partial charge in [-0.15, -0.1) is 11.3 Å². The van der Waals surface area contributed by atoms with Gasteiger partial charge in [0.2, 0.25) is 0 Å². The first-order chi connectivity index (χ1) is 10.9. The number of guanidine groups is 1. The van der Waals surface area contributed by atoms with Gasteiger partial charge in [0, 0.05) is 46.2 Å². The molecule has 1 N–H and O–H groups in total. The smallest absolute Gasteiger partial charge is 0.193 e. The van der Waals surface area contributed by atoms with Gasteiger partial charge in [-0.05, 0) is 29.6 Å². The van der Waals surface area contributed by atoms with Gasteiger partial charge in [-0.1, -0.05) is 0 Å². The van der Waals surface area contributed by atoms with Crippen LogP contribution in [0.3, 0.4) is 0 Å². The van der Waals surface area contributed by atoms with E-state index in [1.807, 2.05) is 30.5 Å². The normalized spacial score (nSPS) is 16.1. The van der Waals surface area contributed by atoms with Gasteiger partial charge in [0.15, 0.2) is 5.96 Å². The summed E-state index contributed by atoms with van der Waals surface area (Å²) in [5.41, 5.74) is 0. The number of piperazine rings is 1. The fourth-order valence-corrected chi connectivity index (χ4v) is 3.46. The quantitative estimate of drug-likeness (QED) is 0.694. The van der Waals surface area contributed by atoms with Crippen LogP contribution in [0.1, 0.15) is 5.76 Å². The summed E-state index contributed by atoms with van der Waals surface area (Å²) in [7, 11) is 1.85. The number of nitrogens with one attached hydrogen (secondary N) is 1. The predicted octanol–water partition coefficient (Wildman–Crippen LogP) is 2.28. The van der Waals surface area contributed by atoms with Gasteiger partial charge in [0.1, 0.15) is 5.76 Å². The van der Waals surface area contributed by atoms with Gasteiger partial charge in [-0.3, -0.25) is 4.99 Å². The van der Waals surface area contributed by atoms with E-state index in [0.29, 0.717) is 0 Å². The molecule has 0 radical (unpaired) electrons. The van der Waals surface area contributed by atoms with Gasteiger partial charge in [-0.25, -0.2) is 0 Å². The van der Waals surface area contributed by atoms with Crippen LogP contribution in [-0.2, 0) is 6.42 Å². The Morgan fingerprint density at radius 1 is 1.27 bits per heavy atom. The predicted molar refractivity (Wildman–Crippen MR) is 91.9 cm³/mol. The monoisotopic (exact) mass is 318 g/mol. The molecule has 22 heavy (non-hydrogen) atoms. The van der Waals surface area contributed by atoms with E-state index in [1.165, 1.54) is 5.00 Å². The first-order valence-electron chi connectivity index (χ1n) is 7.63. The van der Waals surface area contributed by atoms with Crippen molar-refractivity contribution >= 4 is 22.3 Å². The first-order valence-corrected chi connectivity index (χ1v) is 8.51. The van der Waals surface area contributed by atoms with E-state index < -0.39 is 0 Å². The fraction of sp³-hybridized carbons (Fsp3) is 0.438. The van der Waals surface area contributed by atoms with Crippen LogP contribution < -0.4 is 10.2 Å². The van der Waals surface area contributed by atoms with Crippen LogP contribution in [-0.4, -0.2) is 50.6 Å². The Balaban J connectivity index is 1.46. The van der Waals surface area contributed by atoms with Gasteiger partial charge in [0.05, 0.1) is 11.3 Å². The van der Waals surface area contributed by atoms with Gasteiger partial charge in [-0.2, -0.15) is 0 Å². The summed E-state index contributed by atoms with van der Waals surface area (Å²) in [6, 6.07) is 8.23. The largest absolute Gasteiger partial charge is 0.469 e. The number of furan rings is 1. The average molecular weight is 318 g/mol. The van der Waals surface area contributed by atoms with Crippen molar-refractivity contribution in [1.29, 1.82) is 0 Å². The highest BCUT2D eigenvalue weighted by atomic mass is 32.1. The second-order valence-electron chi connectivity index (χ2n) is 5.23. The highest BCUT2D eigenvalue weighted by Gasteiger charge is 2.20. The van der Waals surface area contributed by atoms with Crippen molar-refractivity contribution in [1.82, 2.24) is 10.2 Å². The van der Waals surface area contributed by atoms with Crippen molar-refractivity contribution in [2.45, 2.75) is 6.42 Å². The molecule has 1 aliphatic heterocycles.